The molecular formula is C21H26N4O2. The Morgan fingerprint density at radius 2 is 1.81 bits per heavy atom. The van der Waals surface area contributed by atoms with Crippen molar-refractivity contribution in [1.82, 2.24) is 19.9 Å². The Morgan fingerprint density at radius 3 is 2.44 bits per heavy atom. The molecule has 0 radical (unpaired) electrons. The molecule has 142 valence electrons. The number of benzene rings is 1. The molecule has 1 aromatic carbocycles. The zero-order chi connectivity index (χ0) is 19.8. The van der Waals surface area contributed by atoms with Gasteiger partial charge in [-0.1, -0.05) is 26.0 Å². The fourth-order valence-electron chi connectivity index (χ4n) is 2.61. The maximum atomic E-state index is 11.3. The van der Waals surface area contributed by atoms with Gasteiger partial charge in [-0.15, -0.1) is 0 Å². The number of nitrogens with zero attached hydrogens (tertiary/aromatic N) is 3. The minimum absolute atomic E-state index is 0.246. The molecule has 27 heavy (non-hydrogen) atoms. The van der Waals surface area contributed by atoms with Crippen LogP contribution in [0.5, 0.6) is 0 Å². The summed E-state index contributed by atoms with van der Waals surface area (Å²) in [6.07, 6.45) is 4.24. The first-order valence-corrected chi connectivity index (χ1v) is 9.02. The number of likely N-dealkylation sites (N-methyl/N-ethyl adjacent to an activating group) is 1. The maximum Gasteiger partial charge on any atom is 0.335 e. The van der Waals surface area contributed by atoms with Crippen molar-refractivity contribution in [2.75, 3.05) is 20.6 Å². The van der Waals surface area contributed by atoms with E-state index in [2.05, 4.69) is 14.9 Å². The Bertz CT molecular complexity index is 873. The lowest BCUT2D eigenvalue weighted by Crippen LogP contribution is -2.15. The van der Waals surface area contributed by atoms with Crippen LogP contribution in [-0.2, 0) is 6.42 Å². The lowest BCUT2D eigenvalue weighted by molar-refractivity contribution is 0.0697. The van der Waals surface area contributed by atoms with Crippen LogP contribution in [0.15, 0.2) is 48.8 Å². The molecule has 3 aromatic rings. The van der Waals surface area contributed by atoms with Gasteiger partial charge in [0.25, 0.3) is 0 Å². The highest BCUT2D eigenvalue weighted by Gasteiger charge is 2.15. The van der Waals surface area contributed by atoms with Crippen molar-refractivity contribution >= 4 is 5.97 Å². The van der Waals surface area contributed by atoms with Crippen molar-refractivity contribution in [1.29, 1.82) is 0 Å². The van der Waals surface area contributed by atoms with Crippen LogP contribution in [0.3, 0.4) is 0 Å². The number of imidazole rings is 1. The number of aromatic nitrogens is 3. The molecule has 0 saturated carbocycles. The summed E-state index contributed by atoms with van der Waals surface area (Å²) < 4.78 is 0. The number of rotatable bonds is 6. The molecule has 0 unspecified atom stereocenters. The molecule has 0 aliphatic carbocycles. The number of aromatic amines is 1. The second kappa shape index (κ2) is 9.64. The molecule has 0 aliphatic heterocycles. The highest BCUT2D eigenvalue weighted by molar-refractivity contribution is 5.90. The largest absolute Gasteiger partial charge is 0.478 e. The van der Waals surface area contributed by atoms with Gasteiger partial charge in [-0.25, -0.2) is 9.78 Å². The smallest absolute Gasteiger partial charge is 0.335 e. The van der Waals surface area contributed by atoms with Crippen molar-refractivity contribution in [3.8, 4) is 22.5 Å². The van der Waals surface area contributed by atoms with Crippen LogP contribution >= 0.6 is 0 Å². The molecule has 2 aromatic heterocycles. The summed E-state index contributed by atoms with van der Waals surface area (Å²) in [5.74, 6) is -0.0769. The van der Waals surface area contributed by atoms with Gasteiger partial charge in [0, 0.05) is 36.5 Å². The molecule has 2 N–H and O–H groups in total. The van der Waals surface area contributed by atoms with Gasteiger partial charge in [0.1, 0.15) is 5.82 Å². The first kappa shape index (κ1) is 20.3. The van der Waals surface area contributed by atoms with Crippen molar-refractivity contribution in [2.24, 2.45) is 0 Å². The van der Waals surface area contributed by atoms with Crippen LogP contribution in [-0.4, -0.2) is 51.6 Å². The van der Waals surface area contributed by atoms with E-state index in [1.54, 1.807) is 30.6 Å². The number of carbonyl (C=O) groups is 1. The molecule has 3 rings (SSSR count). The predicted octanol–water partition coefficient (Wildman–Crippen LogP) is 3.97. The summed E-state index contributed by atoms with van der Waals surface area (Å²) in [7, 11) is 4.04. The summed E-state index contributed by atoms with van der Waals surface area (Å²) in [5.41, 5.74) is 3.62. The molecule has 6 heteroatoms. The number of carboxylic acid groups (broad SMARTS) is 1. The monoisotopic (exact) mass is 366 g/mol. The normalized spacial score (nSPS) is 10.4. The second-order valence-electron chi connectivity index (χ2n) is 6.08. The van der Waals surface area contributed by atoms with E-state index in [0.717, 1.165) is 41.3 Å². The number of hydrogen-bond acceptors (Lipinski definition) is 4. The molecular weight excluding hydrogens is 340 g/mol. The minimum atomic E-state index is -0.948. The minimum Gasteiger partial charge on any atom is -0.478 e. The zero-order valence-electron chi connectivity index (χ0n) is 16.2. The summed E-state index contributed by atoms with van der Waals surface area (Å²) >= 11 is 0. The molecule has 0 spiro atoms. The summed E-state index contributed by atoms with van der Waals surface area (Å²) in [6.45, 7) is 4.87. The van der Waals surface area contributed by atoms with E-state index in [4.69, 9.17) is 4.98 Å². The van der Waals surface area contributed by atoms with Gasteiger partial charge >= 0.3 is 5.97 Å². The van der Waals surface area contributed by atoms with Crippen LogP contribution in [0.25, 0.3) is 22.5 Å². The highest BCUT2D eigenvalue weighted by atomic mass is 16.4. The molecule has 0 aliphatic rings. The third-order valence-electron chi connectivity index (χ3n) is 3.90. The molecule has 0 atom stereocenters. The van der Waals surface area contributed by atoms with E-state index < -0.39 is 5.97 Å². The first-order valence-electron chi connectivity index (χ1n) is 9.02. The topological polar surface area (TPSA) is 82.1 Å². The van der Waals surface area contributed by atoms with E-state index in [-0.39, 0.29) is 5.56 Å². The second-order valence-corrected chi connectivity index (χ2v) is 6.08. The van der Waals surface area contributed by atoms with Crippen LogP contribution in [0.4, 0.5) is 0 Å². The van der Waals surface area contributed by atoms with Crippen molar-refractivity contribution in [2.45, 2.75) is 20.3 Å². The van der Waals surface area contributed by atoms with Crippen LogP contribution < -0.4 is 0 Å². The van der Waals surface area contributed by atoms with E-state index in [9.17, 15) is 9.90 Å². The summed E-state index contributed by atoms with van der Waals surface area (Å²) in [5, 5.41) is 9.25. The summed E-state index contributed by atoms with van der Waals surface area (Å²) in [4.78, 5) is 25.6. The first-order chi connectivity index (χ1) is 13.0. The van der Waals surface area contributed by atoms with Gasteiger partial charge < -0.3 is 15.0 Å². The number of hydrogen-bond donors (Lipinski definition) is 2. The fourth-order valence-corrected chi connectivity index (χ4v) is 2.61. The van der Waals surface area contributed by atoms with E-state index >= 15 is 0 Å². The van der Waals surface area contributed by atoms with E-state index in [1.165, 1.54) is 0 Å². The molecule has 6 nitrogen and oxygen atoms in total. The molecule has 0 amide bonds. The average molecular weight is 366 g/mol. The number of aromatic carboxylic acids is 1. The number of carboxylic acids is 1. The standard InChI is InChI=1S/C19H20N4O2.C2H6/c1-23(2)11-8-16-21-17(13-6-9-20-10-7-13)18(22-16)14-4-3-5-15(12-14)19(24)25;1-2/h3-7,9-10,12H,8,11H2,1-2H3,(H,21,22)(H,24,25);1-2H3. The summed E-state index contributed by atoms with van der Waals surface area (Å²) in [6, 6.07) is 10.7. The van der Waals surface area contributed by atoms with Crippen molar-refractivity contribution in [3.63, 3.8) is 0 Å². The number of nitrogens with one attached hydrogen (secondary N) is 1. The van der Waals surface area contributed by atoms with Gasteiger partial charge in [-0.3, -0.25) is 4.98 Å². The molecule has 0 saturated heterocycles. The van der Waals surface area contributed by atoms with Gasteiger partial charge in [0.15, 0.2) is 0 Å². The van der Waals surface area contributed by atoms with Gasteiger partial charge in [-0.05, 0) is 38.4 Å². The lowest BCUT2D eigenvalue weighted by Gasteiger charge is -2.06. The Kier molecular flexibility index (Phi) is 7.25. The molecule has 2 heterocycles. The van der Waals surface area contributed by atoms with Crippen LogP contribution in [0.1, 0.15) is 30.0 Å². The Balaban J connectivity index is 0.00000126. The van der Waals surface area contributed by atoms with Gasteiger partial charge in [-0.2, -0.15) is 0 Å². The Hall–Kier alpha value is -2.99. The quantitative estimate of drug-likeness (QED) is 0.690. The van der Waals surface area contributed by atoms with E-state index in [1.807, 2.05) is 46.1 Å². The highest BCUT2D eigenvalue weighted by Crippen LogP contribution is 2.30. The molecule has 0 fully saturated rings. The van der Waals surface area contributed by atoms with Crippen LogP contribution in [0, 0.1) is 0 Å². The fraction of sp³-hybridized carbons (Fsp3) is 0.286. The van der Waals surface area contributed by atoms with Crippen molar-refractivity contribution in [3.05, 3.63) is 60.2 Å². The third kappa shape index (κ3) is 5.24. The van der Waals surface area contributed by atoms with Gasteiger partial charge in [0.05, 0.1) is 17.0 Å². The SMILES string of the molecule is CC.CN(C)CCc1nc(-c2cccc(C(=O)O)c2)c(-c2ccncc2)[nH]1. The lowest BCUT2D eigenvalue weighted by atomic mass is 10.0. The number of H-pyrrole nitrogens is 1. The van der Waals surface area contributed by atoms with Crippen molar-refractivity contribution < 1.29 is 9.90 Å². The molecule has 0 bridgehead atoms. The van der Waals surface area contributed by atoms with Gasteiger partial charge in [0.2, 0.25) is 0 Å². The average Bonchev–Trinajstić information content (AvgIpc) is 3.13. The van der Waals surface area contributed by atoms with E-state index in [0.29, 0.717) is 0 Å². The third-order valence-corrected chi connectivity index (χ3v) is 3.90. The Morgan fingerprint density at radius 1 is 1.11 bits per heavy atom. The zero-order valence-corrected chi connectivity index (χ0v) is 16.2. The van der Waals surface area contributed by atoms with Crippen LogP contribution in [0.2, 0.25) is 0 Å². The Labute approximate surface area is 159 Å². The number of pyridine rings is 1. The predicted molar refractivity (Wildman–Crippen MR) is 108 cm³/mol. The maximum absolute atomic E-state index is 11.3.